The first-order chi connectivity index (χ1) is 8.99. The zero-order valence-corrected chi connectivity index (χ0v) is 14.4. The number of aromatic nitrogens is 2. The lowest BCUT2D eigenvalue weighted by Crippen LogP contribution is -2.27. The number of rotatable bonds is 3. The van der Waals surface area contributed by atoms with Gasteiger partial charge in [-0.05, 0) is 64.2 Å². The van der Waals surface area contributed by atoms with Crippen LogP contribution < -0.4 is 5.56 Å². The molecule has 6 heteroatoms. The summed E-state index contributed by atoms with van der Waals surface area (Å²) in [6, 6.07) is 7.27. The normalized spacial score (nSPS) is 10.5. The van der Waals surface area contributed by atoms with Gasteiger partial charge in [0.05, 0.1) is 22.1 Å². The summed E-state index contributed by atoms with van der Waals surface area (Å²) >= 11 is 4.13. The Morgan fingerprint density at radius 1 is 1.26 bits per heavy atom. The second-order valence-electron chi connectivity index (χ2n) is 4.01. The van der Waals surface area contributed by atoms with Crippen molar-refractivity contribution in [1.29, 1.82) is 0 Å². The van der Waals surface area contributed by atoms with Crippen molar-refractivity contribution in [3.05, 3.63) is 59.3 Å². The third-order valence-corrected chi connectivity index (χ3v) is 4.60. The molecule has 0 saturated carbocycles. The van der Waals surface area contributed by atoms with Gasteiger partial charge in [-0.1, -0.05) is 12.1 Å². The molecule has 1 aromatic heterocycles. The maximum atomic E-state index is 12.1. The second kappa shape index (κ2) is 6.12. The third-order valence-electron chi connectivity index (χ3n) is 2.64. The molecule has 4 nitrogen and oxygen atoms in total. The third kappa shape index (κ3) is 3.41. The molecule has 0 aliphatic heterocycles. The van der Waals surface area contributed by atoms with E-state index in [1.165, 1.54) is 10.9 Å². The molecule has 1 heterocycles. The number of carbonyl (C=O) groups is 1. The number of halogens is 2. The van der Waals surface area contributed by atoms with Crippen LogP contribution in [0.3, 0.4) is 0 Å². The van der Waals surface area contributed by atoms with Gasteiger partial charge in [-0.2, -0.15) is 0 Å². The first-order valence-electron chi connectivity index (χ1n) is 5.49. The largest absolute Gasteiger partial charge is 0.292 e. The first-order valence-corrected chi connectivity index (χ1v) is 7.65. The van der Waals surface area contributed by atoms with Crippen molar-refractivity contribution < 1.29 is 4.79 Å². The summed E-state index contributed by atoms with van der Waals surface area (Å²) in [5.74, 6) is -0.0973. The van der Waals surface area contributed by atoms with Crippen LogP contribution in [0.5, 0.6) is 0 Å². The van der Waals surface area contributed by atoms with Gasteiger partial charge in [0.15, 0.2) is 5.78 Å². The van der Waals surface area contributed by atoms with Crippen LogP contribution in [-0.2, 0) is 6.54 Å². The average molecular weight is 480 g/mol. The van der Waals surface area contributed by atoms with Gasteiger partial charge in [0.2, 0.25) is 0 Å². The number of ketones is 1. The Morgan fingerprint density at radius 3 is 2.53 bits per heavy atom. The molecule has 0 radical (unpaired) electrons. The summed E-state index contributed by atoms with van der Waals surface area (Å²) < 4.78 is 2.96. The van der Waals surface area contributed by atoms with Gasteiger partial charge in [0.1, 0.15) is 0 Å². The average Bonchev–Trinajstić information content (AvgIpc) is 2.40. The number of carbonyl (C=O) groups excluding carboxylic acids is 1. The van der Waals surface area contributed by atoms with Gasteiger partial charge in [-0.15, -0.1) is 0 Å². The minimum atomic E-state index is -0.174. The van der Waals surface area contributed by atoms with Crippen LogP contribution in [0.4, 0.5) is 0 Å². The van der Waals surface area contributed by atoms with Crippen molar-refractivity contribution in [1.82, 2.24) is 9.55 Å². The molecule has 0 fully saturated rings. The molecule has 98 valence electrons. The number of aryl methyl sites for hydroxylation is 1. The molecule has 1 aromatic carbocycles. The Bertz CT molecular complexity index is 678. The van der Waals surface area contributed by atoms with E-state index in [2.05, 4.69) is 27.6 Å². The quantitative estimate of drug-likeness (QED) is 0.502. The lowest BCUT2D eigenvalue weighted by Gasteiger charge is -2.06. The molecule has 0 saturated heterocycles. The fraction of sp³-hybridized carbons (Fsp3) is 0.154. The van der Waals surface area contributed by atoms with Crippen molar-refractivity contribution in [3.63, 3.8) is 0 Å². The van der Waals surface area contributed by atoms with Crippen LogP contribution in [0.2, 0.25) is 0 Å². The van der Waals surface area contributed by atoms with Crippen molar-refractivity contribution in [2.45, 2.75) is 13.5 Å². The van der Waals surface area contributed by atoms with E-state index in [1.807, 2.05) is 34.7 Å². The molecular formula is C13H10I2N2O2. The highest BCUT2D eigenvalue weighted by Crippen LogP contribution is 2.08. The minimum Gasteiger partial charge on any atom is -0.292 e. The first kappa shape index (κ1) is 14.6. The lowest BCUT2D eigenvalue weighted by atomic mass is 10.1. The summed E-state index contributed by atoms with van der Waals surface area (Å²) in [5, 5.41) is 0. The predicted molar refractivity (Wildman–Crippen MR) is 89.4 cm³/mol. The fourth-order valence-corrected chi connectivity index (χ4v) is 2.35. The van der Waals surface area contributed by atoms with Crippen molar-refractivity contribution in [3.8, 4) is 0 Å². The maximum absolute atomic E-state index is 12.1. The molecule has 0 aliphatic rings. The zero-order chi connectivity index (χ0) is 14.0. The van der Waals surface area contributed by atoms with Crippen LogP contribution in [0.1, 0.15) is 16.1 Å². The Hall–Kier alpha value is -0.770. The fourth-order valence-electron chi connectivity index (χ4n) is 1.54. The molecule has 0 spiro atoms. The highest BCUT2D eigenvalue weighted by atomic mass is 127. The summed E-state index contributed by atoms with van der Waals surface area (Å²) in [5.41, 5.74) is 1.11. The van der Waals surface area contributed by atoms with Gasteiger partial charge < -0.3 is 0 Å². The molecule has 0 unspecified atom stereocenters. The van der Waals surface area contributed by atoms with Crippen LogP contribution in [0, 0.1) is 14.1 Å². The van der Waals surface area contributed by atoms with Gasteiger partial charge >= 0.3 is 0 Å². The minimum absolute atomic E-state index is 0.0166. The summed E-state index contributed by atoms with van der Waals surface area (Å²) in [6.45, 7) is 1.79. The van der Waals surface area contributed by atoms with Crippen LogP contribution >= 0.6 is 45.2 Å². The summed E-state index contributed by atoms with van der Waals surface area (Å²) in [7, 11) is 0. The molecule has 2 rings (SSSR count). The smallest absolute Gasteiger partial charge is 0.267 e. The number of Topliss-reactive ketones (excluding diaryl/α,β-unsaturated/α-hetero) is 1. The number of nitrogens with zero attached hydrogens (tertiary/aromatic N) is 2. The van der Waals surface area contributed by atoms with Crippen molar-refractivity contribution in [2.24, 2.45) is 0 Å². The molecule has 0 aliphatic carbocycles. The van der Waals surface area contributed by atoms with Crippen LogP contribution in [0.15, 0.2) is 35.4 Å². The standard InChI is InChI=1S/C13H10I2N2O2/c1-8-12(15)13(19)17(7-16-8)6-11(18)9-2-4-10(14)5-3-9/h2-5,7H,6H2,1H3. The summed E-state index contributed by atoms with van der Waals surface area (Å²) in [6.07, 6.45) is 1.42. The zero-order valence-electron chi connectivity index (χ0n) is 10.1. The van der Waals surface area contributed by atoms with E-state index in [0.29, 0.717) is 14.8 Å². The van der Waals surface area contributed by atoms with Crippen molar-refractivity contribution in [2.75, 3.05) is 0 Å². The lowest BCUT2D eigenvalue weighted by molar-refractivity contribution is 0.0970. The van der Waals surface area contributed by atoms with E-state index >= 15 is 0 Å². The maximum Gasteiger partial charge on any atom is 0.267 e. The molecule has 2 aromatic rings. The van der Waals surface area contributed by atoms with Crippen molar-refractivity contribution >= 4 is 51.0 Å². The van der Waals surface area contributed by atoms with E-state index in [-0.39, 0.29) is 17.9 Å². The Morgan fingerprint density at radius 2 is 1.89 bits per heavy atom. The molecule has 0 N–H and O–H groups in total. The Kier molecular flexibility index (Phi) is 4.71. The van der Waals surface area contributed by atoms with E-state index in [4.69, 9.17) is 0 Å². The number of hydrogen-bond acceptors (Lipinski definition) is 3. The second-order valence-corrected chi connectivity index (χ2v) is 6.33. The Labute approximate surface area is 137 Å². The van der Waals surface area contributed by atoms with Gasteiger partial charge in [0, 0.05) is 9.13 Å². The van der Waals surface area contributed by atoms with Gasteiger partial charge in [-0.25, -0.2) is 4.98 Å². The van der Waals surface area contributed by atoms with Gasteiger partial charge in [0.25, 0.3) is 5.56 Å². The Balaban J connectivity index is 2.27. The van der Waals surface area contributed by atoms with Gasteiger partial charge in [-0.3, -0.25) is 14.2 Å². The van der Waals surface area contributed by atoms with Crippen LogP contribution in [-0.4, -0.2) is 15.3 Å². The van der Waals surface area contributed by atoms with Crippen LogP contribution in [0.25, 0.3) is 0 Å². The number of hydrogen-bond donors (Lipinski definition) is 0. The number of benzene rings is 1. The van der Waals surface area contributed by atoms with E-state index in [9.17, 15) is 9.59 Å². The molecule has 0 bridgehead atoms. The highest BCUT2D eigenvalue weighted by Gasteiger charge is 2.10. The molecular weight excluding hydrogens is 470 g/mol. The monoisotopic (exact) mass is 480 g/mol. The molecule has 0 atom stereocenters. The molecule has 19 heavy (non-hydrogen) atoms. The van der Waals surface area contributed by atoms with E-state index < -0.39 is 0 Å². The van der Waals surface area contributed by atoms with E-state index in [0.717, 1.165) is 3.57 Å². The predicted octanol–water partition coefficient (Wildman–Crippen LogP) is 2.64. The topological polar surface area (TPSA) is 52.0 Å². The highest BCUT2D eigenvalue weighted by molar-refractivity contribution is 14.1. The van der Waals surface area contributed by atoms with E-state index in [1.54, 1.807) is 19.1 Å². The SMILES string of the molecule is Cc1ncn(CC(=O)c2ccc(I)cc2)c(=O)c1I. The summed E-state index contributed by atoms with van der Waals surface area (Å²) in [4.78, 5) is 28.2. The molecule has 0 amide bonds.